The fourth-order valence-corrected chi connectivity index (χ4v) is 1.13. The van der Waals surface area contributed by atoms with E-state index in [0.29, 0.717) is 5.56 Å². The fourth-order valence-electron chi connectivity index (χ4n) is 0.850. The normalized spacial score (nSPS) is 11.8. The molecule has 1 aromatic carbocycles. The monoisotopic (exact) mass is 305 g/mol. The molecule has 5 heteroatoms. The zero-order valence-corrected chi connectivity index (χ0v) is 9.26. The summed E-state index contributed by atoms with van der Waals surface area (Å²) in [6, 6.07) is 8.48. The van der Waals surface area contributed by atoms with Gasteiger partial charge in [-0.3, -0.25) is 4.79 Å². The molecule has 4 nitrogen and oxygen atoms in total. The van der Waals surface area contributed by atoms with Gasteiger partial charge in [-0.05, 0) is 34.7 Å². The Hall–Kier alpha value is -1.11. The molecular weight excluding hydrogens is 297 g/mol. The number of carboxylic acids is 1. The van der Waals surface area contributed by atoms with E-state index in [9.17, 15) is 9.59 Å². The first-order valence-corrected chi connectivity index (χ1v) is 5.08. The number of alkyl halides is 1. The quantitative estimate of drug-likeness (QED) is 0.502. The first-order valence-electron chi connectivity index (χ1n) is 3.84. The van der Waals surface area contributed by atoms with Crippen molar-refractivity contribution in [1.82, 2.24) is 5.32 Å². The molecule has 0 fully saturated rings. The van der Waals surface area contributed by atoms with E-state index in [-0.39, 0.29) is 5.91 Å². The Morgan fingerprint density at radius 1 is 1.29 bits per heavy atom. The van der Waals surface area contributed by atoms with Crippen molar-refractivity contribution < 1.29 is 14.7 Å². The number of benzene rings is 1. The summed E-state index contributed by atoms with van der Waals surface area (Å²) in [6.07, 6.45) is 0. The van der Waals surface area contributed by atoms with Gasteiger partial charge in [-0.1, -0.05) is 18.2 Å². The Labute approximate surface area is 94.5 Å². The van der Waals surface area contributed by atoms with Crippen molar-refractivity contribution in [1.29, 1.82) is 0 Å². The van der Waals surface area contributed by atoms with E-state index in [4.69, 9.17) is 5.11 Å². The summed E-state index contributed by atoms with van der Waals surface area (Å²) in [6.45, 7) is 0. The van der Waals surface area contributed by atoms with Crippen LogP contribution in [-0.4, -0.2) is 21.0 Å². The molecule has 1 aromatic rings. The molecule has 1 amide bonds. The van der Waals surface area contributed by atoms with E-state index in [2.05, 4.69) is 5.32 Å². The summed E-state index contributed by atoms with van der Waals surface area (Å²) in [4.78, 5) is 21.8. The van der Waals surface area contributed by atoms with Crippen LogP contribution in [0.25, 0.3) is 0 Å². The van der Waals surface area contributed by atoms with Crippen LogP contribution in [0.15, 0.2) is 30.3 Å². The summed E-state index contributed by atoms with van der Waals surface area (Å²) >= 11 is 1.64. The highest BCUT2D eigenvalue weighted by atomic mass is 127. The maximum atomic E-state index is 11.4. The first kappa shape index (κ1) is 11.0. The van der Waals surface area contributed by atoms with Crippen LogP contribution in [0.2, 0.25) is 0 Å². The number of carboxylic acid groups (broad SMARTS) is 1. The van der Waals surface area contributed by atoms with E-state index < -0.39 is 10.0 Å². The van der Waals surface area contributed by atoms with Crippen LogP contribution in [0.1, 0.15) is 10.4 Å². The molecule has 74 valence electrons. The lowest BCUT2D eigenvalue weighted by Crippen LogP contribution is -2.35. The second kappa shape index (κ2) is 4.94. The second-order valence-electron chi connectivity index (χ2n) is 2.54. The van der Waals surface area contributed by atoms with Crippen molar-refractivity contribution in [2.24, 2.45) is 0 Å². The van der Waals surface area contributed by atoms with Gasteiger partial charge in [-0.25, -0.2) is 4.79 Å². The maximum absolute atomic E-state index is 11.4. The van der Waals surface area contributed by atoms with Crippen molar-refractivity contribution in [3.05, 3.63) is 35.9 Å². The number of carbonyl (C=O) groups excluding carboxylic acids is 1. The van der Waals surface area contributed by atoms with Crippen molar-refractivity contribution in [2.45, 2.75) is 4.05 Å². The molecule has 0 aliphatic heterocycles. The highest BCUT2D eigenvalue weighted by Gasteiger charge is 2.16. The highest BCUT2D eigenvalue weighted by Crippen LogP contribution is 2.01. The molecule has 0 aliphatic carbocycles. The van der Waals surface area contributed by atoms with Crippen LogP contribution >= 0.6 is 22.6 Å². The van der Waals surface area contributed by atoms with E-state index in [0.717, 1.165) is 0 Å². The lowest BCUT2D eigenvalue weighted by atomic mass is 10.2. The van der Waals surface area contributed by atoms with Gasteiger partial charge in [-0.15, -0.1) is 0 Å². The van der Waals surface area contributed by atoms with Crippen LogP contribution in [0.5, 0.6) is 0 Å². The molecule has 1 atom stereocenters. The van der Waals surface area contributed by atoms with Gasteiger partial charge in [0.1, 0.15) is 0 Å². The summed E-state index contributed by atoms with van der Waals surface area (Å²) in [5.41, 5.74) is 0.454. The molecule has 0 saturated heterocycles. The zero-order chi connectivity index (χ0) is 10.6. The Morgan fingerprint density at radius 3 is 2.36 bits per heavy atom. The molecule has 0 saturated carbocycles. The van der Waals surface area contributed by atoms with Gasteiger partial charge in [0.15, 0.2) is 4.05 Å². The minimum Gasteiger partial charge on any atom is -0.479 e. The van der Waals surface area contributed by atoms with Crippen molar-refractivity contribution >= 4 is 34.5 Å². The molecule has 0 aromatic heterocycles. The molecular formula is C9H8INO3. The van der Waals surface area contributed by atoms with Crippen molar-refractivity contribution in [2.75, 3.05) is 0 Å². The predicted molar refractivity (Wildman–Crippen MR) is 59.4 cm³/mol. The topological polar surface area (TPSA) is 66.4 Å². The molecule has 0 aliphatic rings. The fraction of sp³-hybridized carbons (Fsp3) is 0.111. The number of hydrogen-bond donors (Lipinski definition) is 2. The van der Waals surface area contributed by atoms with Gasteiger partial charge in [0.05, 0.1) is 0 Å². The largest absolute Gasteiger partial charge is 0.479 e. The molecule has 0 heterocycles. The Balaban J connectivity index is 2.64. The third kappa shape index (κ3) is 2.99. The van der Waals surface area contributed by atoms with E-state index in [1.807, 2.05) is 0 Å². The lowest BCUT2D eigenvalue weighted by molar-refractivity contribution is -0.136. The summed E-state index contributed by atoms with van der Waals surface area (Å²) in [5, 5.41) is 10.9. The number of aliphatic carboxylic acids is 1. The van der Waals surface area contributed by atoms with Crippen LogP contribution in [0.4, 0.5) is 0 Å². The Kier molecular flexibility index (Phi) is 3.87. The van der Waals surface area contributed by atoms with Gasteiger partial charge in [0.25, 0.3) is 5.91 Å². The van der Waals surface area contributed by atoms with E-state index in [1.165, 1.54) is 0 Å². The Morgan fingerprint density at radius 2 is 1.86 bits per heavy atom. The molecule has 0 radical (unpaired) electrons. The number of nitrogens with one attached hydrogen (secondary N) is 1. The first-order chi connectivity index (χ1) is 6.61. The zero-order valence-electron chi connectivity index (χ0n) is 7.11. The van der Waals surface area contributed by atoms with Gasteiger partial charge >= 0.3 is 5.97 Å². The van der Waals surface area contributed by atoms with Gasteiger partial charge in [-0.2, -0.15) is 0 Å². The van der Waals surface area contributed by atoms with Gasteiger partial charge in [0, 0.05) is 5.56 Å². The molecule has 1 unspecified atom stereocenters. The summed E-state index contributed by atoms with van der Waals surface area (Å²) in [7, 11) is 0. The standard InChI is InChI=1S/C9H8INO3/c10-7(9(13)14)11-8(12)6-4-2-1-3-5-6/h1-5,7H,(H,11,12)(H,13,14). The average molecular weight is 305 g/mol. The minimum absolute atomic E-state index is 0.382. The number of rotatable bonds is 3. The minimum atomic E-state index is -1.06. The summed E-state index contributed by atoms with van der Waals surface area (Å²) < 4.78 is -0.902. The molecule has 14 heavy (non-hydrogen) atoms. The SMILES string of the molecule is O=C(NC(I)C(=O)O)c1ccccc1. The number of halogens is 1. The smallest absolute Gasteiger partial charge is 0.336 e. The molecule has 1 rings (SSSR count). The van der Waals surface area contributed by atoms with Crippen LogP contribution < -0.4 is 5.32 Å². The number of amides is 1. The van der Waals surface area contributed by atoms with Crippen molar-refractivity contribution in [3.8, 4) is 0 Å². The Bertz CT molecular complexity index is 339. The summed E-state index contributed by atoms with van der Waals surface area (Å²) in [5.74, 6) is -1.44. The van der Waals surface area contributed by atoms with E-state index in [1.54, 1.807) is 52.9 Å². The molecule has 2 N–H and O–H groups in total. The lowest BCUT2D eigenvalue weighted by Gasteiger charge is -2.07. The molecule has 0 bridgehead atoms. The van der Waals surface area contributed by atoms with Crippen LogP contribution in [0.3, 0.4) is 0 Å². The van der Waals surface area contributed by atoms with Crippen LogP contribution in [0, 0.1) is 0 Å². The molecule has 0 spiro atoms. The van der Waals surface area contributed by atoms with Gasteiger partial charge < -0.3 is 10.4 Å². The van der Waals surface area contributed by atoms with Crippen molar-refractivity contribution in [3.63, 3.8) is 0 Å². The third-order valence-corrected chi connectivity index (χ3v) is 2.35. The van der Waals surface area contributed by atoms with E-state index >= 15 is 0 Å². The second-order valence-corrected chi connectivity index (χ2v) is 3.79. The average Bonchev–Trinajstić information content (AvgIpc) is 2.19. The maximum Gasteiger partial charge on any atom is 0.336 e. The predicted octanol–water partition coefficient (Wildman–Crippen LogP) is 1.26. The third-order valence-electron chi connectivity index (χ3n) is 1.51. The number of carbonyl (C=O) groups is 2. The van der Waals surface area contributed by atoms with Crippen LogP contribution in [-0.2, 0) is 4.79 Å². The highest BCUT2D eigenvalue weighted by molar-refractivity contribution is 14.1. The number of hydrogen-bond acceptors (Lipinski definition) is 2. The van der Waals surface area contributed by atoms with Gasteiger partial charge in [0.2, 0.25) is 0 Å².